The number of piperidine rings is 1. The summed E-state index contributed by atoms with van der Waals surface area (Å²) in [4.78, 5) is 27.1. The number of carbonyl (C=O) groups is 2. The molecule has 0 spiro atoms. The molecule has 1 unspecified atom stereocenters. The van der Waals surface area contributed by atoms with Crippen LogP contribution in [0.5, 0.6) is 5.75 Å². The molecule has 3 amide bonds. The molecule has 0 saturated carbocycles. The highest BCUT2D eigenvalue weighted by Gasteiger charge is 2.38. The Labute approximate surface area is 148 Å². The molecule has 1 aromatic rings. The highest BCUT2D eigenvalue weighted by Crippen LogP contribution is 2.34. The maximum atomic E-state index is 12.4. The summed E-state index contributed by atoms with van der Waals surface area (Å²) in [6.45, 7) is 3.80. The summed E-state index contributed by atoms with van der Waals surface area (Å²) in [6.07, 6.45) is 4.24. The predicted octanol–water partition coefficient (Wildman–Crippen LogP) is 2.54. The maximum Gasteiger partial charge on any atom is 0.321 e. The van der Waals surface area contributed by atoms with Crippen LogP contribution in [0.25, 0.3) is 0 Å². The summed E-state index contributed by atoms with van der Waals surface area (Å²) in [6, 6.07) is 7.75. The fourth-order valence-electron chi connectivity index (χ4n) is 3.93. The van der Waals surface area contributed by atoms with Crippen LogP contribution in [-0.2, 0) is 0 Å². The molecular weight excluding hydrogens is 318 g/mol. The number of nitrogens with one attached hydrogen (secondary N) is 2. The first-order chi connectivity index (χ1) is 11.9. The SMILES string of the molecule is CC(C)Oc1ccccc1C(=O)NC(=O)NC1C[C@H]2CC[C@@H](C1)N2C. The predicted molar refractivity (Wildman–Crippen MR) is 95.8 cm³/mol. The molecule has 6 nitrogen and oxygen atoms in total. The van der Waals surface area contributed by atoms with E-state index in [4.69, 9.17) is 4.74 Å². The first-order valence-electron chi connectivity index (χ1n) is 9.03. The van der Waals surface area contributed by atoms with E-state index >= 15 is 0 Å². The van der Waals surface area contributed by atoms with Gasteiger partial charge < -0.3 is 15.0 Å². The summed E-state index contributed by atoms with van der Waals surface area (Å²) >= 11 is 0. The molecule has 2 heterocycles. The number of carbonyl (C=O) groups excluding carboxylic acids is 2. The summed E-state index contributed by atoms with van der Waals surface area (Å²) < 4.78 is 5.65. The van der Waals surface area contributed by atoms with Crippen LogP contribution in [0.1, 0.15) is 49.9 Å². The summed E-state index contributed by atoms with van der Waals surface area (Å²) in [7, 11) is 2.16. The van der Waals surface area contributed by atoms with Crippen molar-refractivity contribution in [2.24, 2.45) is 0 Å². The largest absolute Gasteiger partial charge is 0.490 e. The van der Waals surface area contributed by atoms with Gasteiger partial charge in [-0.1, -0.05) is 12.1 Å². The summed E-state index contributed by atoms with van der Waals surface area (Å²) in [5.74, 6) is 0.0461. The van der Waals surface area contributed by atoms with Crippen LogP contribution in [0.4, 0.5) is 4.79 Å². The molecule has 0 aromatic heterocycles. The van der Waals surface area contributed by atoms with Crippen LogP contribution >= 0.6 is 0 Å². The van der Waals surface area contributed by atoms with Gasteiger partial charge >= 0.3 is 6.03 Å². The van der Waals surface area contributed by atoms with Crippen LogP contribution in [0.2, 0.25) is 0 Å². The Bertz CT molecular complexity index is 633. The molecule has 2 bridgehead atoms. The Balaban J connectivity index is 1.57. The van der Waals surface area contributed by atoms with E-state index in [1.807, 2.05) is 19.9 Å². The van der Waals surface area contributed by atoms with Gasteiger partial charge in [-0.2, -0.15) is 0 Å². The standard InChI is InChI=1S/C19H27N3O3/c1-12(2)25-17-7-5-4-6-16(17)18(23)21-19(24)20-13-10-14-8-9-15(11-13)22(14)3/h4-7,12-15H,8-11H2,1-3H3,(H2,20,21,23,24)/t13?,14-,15+. The van der Waals surface area contributed by atoms with E-state index in [1.54, 1.807) is 18.2 Å². The zero-order chi connectivity index (χ0) is 18.0. The molecule has 2 saturated heterocycles. The normalized spacial score (nSPS) is 25.7. The molecule has 0 aliphatic carbocycles. The van der Waals surface area contributed by atoms with Crippen molar-refractivity contribution in [2.45, 2.75) is 63.8 Å². The fraction of sp³-hybridized carbons (Fsp3) is 0.579. The van der Waals surface area contributed by atoms with Crippen molar-refractivity contribution in [2.75, 3.05) is 7.05 Å². The lowest BCUT2D eigenvalue weighted by molar-refractivity contribution is 0.0954. The second-order valence-electron chi connectivity index (χ2n) is 7.31. The van der Waals surface area contributed by atoms with Gasteiger partial charge in [0.25, 0.3) is 5.91 Å². The minimum absolute atomic E-state index is 0.0440. The molecular formula is C19H27N3O3. The van der Waals surface area contributed by atoms with Gasteiger partial charge in [0.15, 0.2) is 0 Å². The lowest BCUT2D eigenvalue weighted by Crippen LogP contribution is -2.51. The van der Waals surface area contributed by atoms with Crippen molar-refractivity contribution >= 4 is 11.9 Å². The maximum absolute atomic E-state index is 12.4. The number of imide groups is 1. The third kappa shape index (κ3) is 4.12. The number of amides is 3. The van der Waals surface area contributed by atoms with Gasteiger partial charge in [0.2, 0.25) is 0 Å². The highest BCUT2D eigenvalue weighted by atomic mass is 16.5. The van der Waals surface area contributed by atoms with Crippen molar-refractivity contribution in [3.8, 4) is 5.75 Å². The monoisotopic (exact) mass is 345 g/mol. The molecule has 2 aliphatic rings. The molecule has 2 fully saturated rings. The first kappa shape index (κ1) is 17.7. The van der Waals surface area contributed by atoms with E-state index in [9.17, 15) is 9.59 Å². The third-order valence-electron chi connectivity index (χ3n) is 5.15. The van der Waals surface area contributed by atoms with E-state index in [1.165, 1.54) is 12.8 Å². The smallest absolute Gasteiger partial charge is 0.321 e. The second-order valence-corrected chi connectivity index (χ2v) is 7.31. The molecule has 25 heavy (non-hydrogen) atoms. The van der Waals surface area contributed by atoms with Gasteiger partial charge in [0.05, 0.1) is 11.7 Å². The van der Waals surface area contributed by atoms with E-state index in [-0.39, 0.29) is 12.1 Å². The minimum Gasteiger partial charge on any atom is -0.490 e. The van der Waals surface area contributed by atoms with Crippen LogP contribution in [0, 0.1) is 0 Å². The average Bonchev–Trinajstić information content (AvgIpc) is 2.76. The molecule has 1 aromatic carbocycles. The minimum atomic E-state index is -0.440. The van der Waals surface area contributed by atoms with Crippen LogP contribution in [0.15, 0.2) is 24.3 Å². The number of ether oxygens (including phenoxy) is 1. The number of fused-ring (bicyclic) bond motifs is 2. The molecule has 2 aliphatic heterocycles. The third-order valence-corrected chi connectivity index (χ3v) is 5.15. The molecule has 0 radical (unpaired) electrons. The van der Waals surface area contributed by atoms with E-state index in [0.717, 1.165) is 12.8 Å². The van der Waals surface area contributed by atoms with Crippen molar-refractivity contribution < 1.29 is 14.3 Å². The number of nitrogens with zero attached hydrogens (tertiary/aromatic N) is 1. The average molecular weight is 345 g/mol. The first-order valence-corrected chi connectivity index (χ1v) is 9.03. The second kappa shape index (κ2) is 7.44. The number of benzene rings is 1. The zero-order valence-electron chi connectivity index (χ0n) is 15.1. The topological polar surface area (TPSA) is 70.7 Å². The Hall–Kier alpha value is -2.08. The van der Waals surface area contributed by atoms with Crippen LogP contribution in [-0.4, -0.2) is 48.1 Å². The number of hydrogen-bond acceptors (Lipinski definition) is 4. The Morgan fingerprint density at radius 2 is 1.80 bits per heavy atom. The zero-order valence-corrected chi connectivity index (χ0v) is 15.1. The molecule has 2 N–H and O–H groups in total. The number of hydrogen-bond donors (Lipinski definition) is 2. The Morgan fingerprint density at radius 1 is 1.16 bits per heavy atom. The van der Waals surface area contributed by atoms with Gasteiger partial charge in [0, 0.05) is 18.1 Å². The van der Waals surface area contributed by atoms with Gasteiger partial charge in [0.1, 0.15) is 5.75 Å². The van der Waals surface area contributed by atoms with Crippen LogP contribution < -0.4 is 15.4 Å². The van der Waals surface area contributed by atoms with Crippen molar-refractivity contribution in [1.82, 2.24) is 15.5 Å². The van der Waals surface area contributed by atoms with Crippen molar-refractivity contribution in [3.63, 3.8) is 0 Å². The molecule has 3 atom stereocenters. The lowest BCUT2D eigenvalue weighted by Gasteiger charge is -2.36. The van der Waals surface area contributed by atoms with Gasteiger partial charge in [-0.3, -0.25) is 10.1 Å². The van der Waals surface area contributed by atoms with E-state index in [0.29, 0.717) is 23.4 Å². The van der Waals surface area contributed by atoms with Crippen molar-refractivity contribution in [3.05, 3.63) is 29.8 Å². The van der Waals surface area contributed by atoms with Crippen LogP contribution in [0.3, 0.4) is 0 Å². The number of urea groups is 1. The summed E-state index contributed by atoms with van der Waals surface area (Å²) in [5, 5.41) is 5.40. The number of para-hydroxylation sites is 1. The number of rotatable bonds is 4. The quantitative estimate of drug-likeness (QED) is 0.880. The van der Waals surface area contributed by atoms with E-state index < -0.39 is 11.9 Å². The Morgan fingerprint density at radius 3 is 2.44 bits per heavy atom. The van der Waals surface area contributed by atoms with Crippen molar-refractivity contribution in [1.29, 1.82) is 0 Å². The summed E-state index contributed by atoms with van der Waals surface area (Å²) in [5.41, 5.74) is 0.370. The molecule has 6 heteroatoms. The molecule has 136 valence electrons. The fourth-order valence-corrected chi connectivity index (χ4v) is 3.93. The highest BCUT2D eigenvalue weighted by molar-refractivity contribution is 6.05. The van der Waals surface area contributed by atoms with Gasteiger partial charge in [-0.15, -0.1) is 0 Å². The van der Waals surface area contributed by atoms with Gasteiger partial charge in [-0.25, -0.2) is 4.79 Å². The molecule has 3 rings (SSSR count). The van der Waals surface area contributed by atoms with Gasteiger partial charge in [-0.05, 0) is 58.7 Å². The Kier molecular flexibility index (Phi) is 5.27. The van der Waals surface area contributed by atoms with E-state index in [2.05, 4.69) is 22.6 Å². The lowest BCUT2D eigenvalue weighted by atomic mass is 9.98.